The second kappa shape index (κ2) is 7.01. The highest BCUT2D eigenvalue weighted by Gasteiger charge is 2.08. The number of ketones is 1. The van der Waals surface area contributed by atoms with Crippen molar-refractivity contribution < 1.29 is 14.3 Å². The third-order valence-corrected chi connectivity index (χ3v) is 2.35. The number of ether oxygens (including phenoxy) is 1. The molecular weight excluding hydrogens is 242 g/mol. The van der Waals surface area contributed by atoms with E-state index < -0.39 is 0 Å². The molecule has 0 unspecified atom stereocenters. The summed E-state index contributed by atoms with van der Waals surface area (Å²) in [5, 5.41) is 0.293. The van der Waals surface area contributed by atoms with Gasteiger partial charge in [0, 0.05) is 24.6 Å². The third-order valence-electron chi connectivity index (χ3n) is 2.14. The van der Waals surface area contributed by atoms with Crippen LogP contribution in [-0.2, 0) is 9.53 Å². The monoisotopic (exact) mass is 255 g/mol. The number of esters is 1. The number of hydrogen-bond acceptors (Lipinski definition) is 4. The number of aromatic nitrogens is 1. The van der Waals surface area contributed by atoms with Crippen LogP contribution in [0.1, 0.15) is 36.5 Å². The van der Waals surface area contributed by atoms with Crippen molar-refractivity contribution in [1.82, 2.24) is 4.98 Å². The number of nitrogens with zero attached hydrogens (tertiary/aromatic N) is 1. The van der Waals surface area contributed by atoms with Gasteiger partial charge >= 0.3 is 5.97 Å². The molecule has 0 aliphatic rings. The molecule has 0 spiro atoms. The minimum atomic E-state index is -0.270. The van der Waals surface area contributed by atoms with Crippen molar-refractivity contribution in [3.63, 3.8) is 0 Å². The first kappa shape index (κ1) is 13.6. The smallest absolute Gasteiger partial charge is 0.305 e. The largest absolute Gasteiger partial charge is 0.466 e. The van der Waals surface area contributed by atoms with E-state index in [4.69, 9.17) is 16.3 Å². The second-order valence-corrected chi connectivity index (χ2v) is 3.84. The van der Waals surface area contributed by atoms with Crippen molar-refractivity contribution >= 4 is 23.4 Å². The minimum absolute atomic E-state index is 0.0430. The molecule has 1 heterocycles. The van der Waals surface area contributed by atoms with Gasteiger partial charge < -0.3 is 4.74 Å². The maximum Gasteiger partial charge on any atom is 0.305 e. The molecule has 92 valence electrons. The second-order valence-electron chi connectivity index (χ2n) is 3.45. The average Bonchev–Trinajstić information content (AvgIpc) is 2.29. The normalized spacial score (nSPS) is 10.0. The summed E-state index contributed by atoms with van der Waals surface area (Å²) >= 11 is 5.68. The topological polar surface area (TPSA) is 56.3 Å². The van der Waals surface area contributed by atoms with Crippen molar-refractivity contribution in [2.45, 2.75) is 26.2 Å². The van der Waals surface area contributed by atoms with Gasteiger partial charge in [-0.1, -0.05) is 11.6 Å². The van der Waals surface area contributed by atoms with Crippen molar-refractivity contribution in [3.05, 3.63) is 29.0 Å². The van der Waals surface area contributed by atoms with Crippen LogP contribution in [0.2, 0.25) is 5.15 Å². The predicted molar refractivity (Wildman–Crippen MR) is 64.1 cm³/mol. The van der Waals surface area contributed by atoms with Crippen LogP contribution in [-0.4, -0.2) is 23.3 Å². The van der Waals surface area contributed by atoms with Crippen LogP contribution < -0.4 is 0 Å². The first-order valence-electron chi connectivity index (χ1n) is 5.44. The van der Waals surface area contributed by atoms with Crippen LogP contribution in [0.4, 0.5) is 0 Å². The van der Waals surface area contributed by atoms with E-state index >= 15 is 0 Å². The molecule has 0 atom stereocenters. The van der Waals surface area contributed by atoms with E-state index in [2.05, 4.69) is 4.98 Å². The fraction of sp³-hybridized carbons (Fsp3) is 0.417. The Kier molecular flexibility index (Phi) is 5.63. The Morgan fingerprint density at radius 3 is 2.82 bits per heavy atom. The molecule has 0 saturated carbocycles. The molecule has 4 nitrogen and oxygen atoms in total. The van der Waals surface area contributed by atoms with Gasteiger partial charge in [-0.2, -0.15) is 0 Å². The number of rotatable bonds is 6. The lowest BCUT2D eigenvalue weighted by molar-refractivity contribution is -0.143. The molecule has 1 rings (SSSR count). The first-order valence-corrected chi connectivity index (χ1v) is 5.81. The van der Waals surface area contributed by atoms with Gasteiger partial charge in [-0.25, -0.2) is 4.98 Å². The summed E-state index contributed by atoms with van der Waals surface area (Å²) in [6.45, 7) is 2.12. The highest BCUT2D eigenvalue weighted by Crippen LogP contribution is 2.11. The molecule has 1 aromatic heterocycles. The van der Waals surface area contributed by atoms with Crippen molar-refractivity contribution in [2.75, 3.05) is 6.61 Å². The zero-order valence-electron chi connectivity index (χ0n) is 9.61. The summed E-state index contributed by atoms with van der Waals surface area (Å²) in [6.07, 6.45) is 2.54. The van der Waals surface area contributed by atoms with E-state index in [9.17, 15) is 9.59 Å². The van der Waals surface area contributed by atoms with Crippen LogP contribution >= 0.6 is 11.6 Å². The molecule has 0 saturated heterocycles. The Hall–Kier alpha value is -1.42. The summed E-state index contributed by atoms with van der Waals surface area (Å²) in [6, 6.07) is 3.13. The molecular formula is C12H14ClNO3. The maximum atomic E-state index is 11.7. The van der Waals surface area contributed by atoms with Gasteiger partial charge in [0.05, 0.1) is 6.61 Å². The number of Topliss-reactive ketones (excluding diaryl/α,β-unsaturated/α-hetero) is 1. The average molecular weight is 256 g/mol. The fourth-order valence-electron chi connectivity index (χ4n) is 1.35. The Morgan fingerprint density at radius 2 is 2.18 bits per heavy atom. The van der Waals surface area contributed by atoms with Crippen LogP contribution in [0.25, 0.3) is 0 Å². The van der Waals surface area contributed by atoms with Crippen LogP contribution in [0.15, 0.2) is 18.3 Å². The minimum Gasteiger partial charge on any atom is -0.466 e. The zero-order valence-corrected chi connectivity index (χ0v) is 10.4. The van der Waals surface area contributed by atoms with Gasteiger partial charge in [0.25, 0.3) is 0 Å². The van der Waals surface area contributed by atoms with Gasteiger partial charge in [0.15, 0.2) is 5.78 Å². The Bertz CT molecular complexity index is 406. The zero-order chi connectivity index (χ0) is 12.7. The third kappa shape index (κ3) is 4.95. The van der Waals surface area contributed by atoms with Gasteiger partial charge in [0.2, 0.25) is 0 Å². The van der Waals surface area contributed by atoms with Crippen molar-refractivity contribution in [1.29, 1.82) is 0 Å². The summed E-state index contributed by atoms with van der Waals surface area (Å²) < 4.78 is 4.77. The van der Waals surface area contributed by atoms with Crippen molar-refractivity contribution in [3.8, 4) is 0 Å². The molecule has 0 radical (unpaired) electrons. The summed E-state index contributed by atoms with van der Waals surface area (Å²) in [4.78, 5) is 26.5. The lowest BCUT2D eigenvalue weighted by Gasteiger charge is -2.02. The van der Waals surface area contributed by atoms with Crippen LogP contribution in [0, 0.1) is 0 Å². The summed E-state index contributed by atoms with van der Waals surface area (Å²) in [5.41, 5.74) is 0.522. The molecule has 1 aromatic rings. The van der Waals surface area contributed by atoms with E-state index in [1.807, 2.05) is 0 Å². The summed E-state index contributed by atoms with van der Waals surface area (Å²) in [5.74, 6) is -0.313. The highest BCUT2D eigenvalue weighted by molar-refractivity contribution is 6.29. The molecule has 0 aromatic carbocycles. The lowest BCUT2D eigenvalue weighted by Crippen LogP contribution is -2.06. The van der Waals surface area contributed by atoms with Crippen molar-refractivity contribution in [2.24, 2.45) is 0 Å². The summed E-state index contributed by atoms with van der Waals surface area (Å²) in [7, 11) is 0. The Balaban J connectivity index is 2.38. The number of carbonyl (C=O) groups is 2. The molecule has 0 fully saturated rings. The standard InChI is InChI=1S/C12H14ClNO3/c1-2-17-12(16)5-3-4-10(15)9-6-7-14-11(13)8-9/h6-8H,2-5H2,1H3. The highest BCUT2D eigenvalue weighted by atomic mass is 35.5. The molecule has 0 amide bonds. The Labute approximate surface area is 105 Å². The van der Waals surface area contributed by atoms with E-state index in [1.54, 1.807) is 13.0 Å². The van der Waals surface area contributed by atoms with Gasteiger partial charge in [0.1, 0.15) is 5.15 Å². The number of carbonyl (C=O) groups excluding carboxylic acids is 2. The Morgan fingerprint density at radius 1 is 1.41 bits per heavy atom. The van der Waals surface area contributed by atoms with E-state index in [1.165, 1.54) is 12.3 Å². The van der Waals surface area contributed by atoms with Crippen LogP contribution in [0.3, 0.4) is 0 Å². The van der Waals surface area contributed by atoms with E-state index in [0.29, 0.717) is 30.2 Å². The van der Waals surface area contributed by atoms with Gasteiger partial charge in [-0.05, 0) is 25.5 Å². The molecule has 0 N–H and O–H groups in total. The molecule has 0 bridgehead atoms. The molecule has 5 heteroatoms. The molecule has 0 aliphatic heterocycles. The lowest BCUT2D eigenvalue weighted by atomic mass is 10.1. The van der Waals surface area contributed by atoms with Crippen LogP contribution in [0.5, 0.6) is 0 Å². The fourth-order valence-corrected chi connectivity index (χ4v) is 1.52. The number of pyridine rings is 1. The molecule has 17 heavy (non-hydrogen) atoms. The SMILES string of the molecule is CCOC(=O)CCCC(=O)c1ccnc(Cl)c1. The number of hydrogen-bond donors (Lipinski definition) is 0. The van der Waals surface area contributed by atoms with E-state index in [0.717, 1.165) is 0 Å². The quantitative estimate of drug-likeness (QED) is 0.445. The first-order chi connectivity index (χ1) is 8.13. The maximum absolute atomic E-state index is 11.7. The van der Waals surface area contributed by atoms with E-state index in [-0.39, 0.29) is 18.2 Å². The van der Waals surface area contributed by atoms with Gasteiger partial charge in [-0.15, -0.1) is 0 Å². The number of halogens is 1. The molecule has 0 aliphatic carbocycles. The van der Waals surface area contributed by atoms with Gasteiger partial charge in [-0.3, -0.25) is 9.59 Å². The predicted octanol–water partition coefficient (Wildman–Crippen LogP) is 2.65.